The smallest absolute Gasteiger partial charge is 0.257 e. The van der Waals surface area contributed by atoms with Crippen molar-refractivity contribution < 1.29 is 9.18 Å². The molecule has 0 radical (unpaired) electrons. The van der Waals surface area contributed by atoms with Crippen molar-refractivity contribution in [3.8, 4) is 0 Å². The van der Waals surface area contributed by atoms with E-state index in [1.54, 1.807) is 0 Å². The van der Waals surface area contributed by atoms with Crippen LogP contribution in [0.3, 0.4) is 0 Å². The Kier molecular flexibility index (Phi) is 3.99. The number of halogens is 1. The summed E-state index contributed by atoms with van der Waals surface area (Å²) in [5.74, 6) is -0.679. The molecule has 0 saturated heterocycles. The van der Waals surface area contributed by atoms with Crippen molar-refractivity contribution in [3.63, 3.8) is 0 Å². The third-order valence-electron chi connectivity index (χ3n) is 2.26. The van der Waals surface area contributed by atoms with E-state index in [2.05, 4.69) is 22.4 Å². The molecule has 18 heavy (non-hydrogen) atoms. The standard InChI is InChI=1S/C12H12FN3OS/c1-2-3-10-15-16-12(18-10)14-11(17)8-4-6-9(13)7-5-8/h4-7H,2-3H2,1H3,(H,14,16,17). The number of benzene rings is 1. The van der Waals surface area contributed by atoms with E-state index < -0.39 is 0 Å². The summed E-state index contributed by atoms with van der Waals surface area (Å²) in [5, 5.41) is 11.8. The van der Waals surface area contributed by atoms with Gasteiger partial charge in [-0.3, -0.25) is 10.1 Å². The molecule has 0 unspecified atom stereocenters. The minimum Gasteiger partial charge on any atom is -0.296 e. The molecule has 1 N–H and O–H groups in total. The molecule has 0 atom stereocenters. The lowest BCUT2D eigenvalue weighted by Crippen LogP contribution is -2.11. The summed E-state index contributed by atoms with van der Waals surface area (Å²) in [4.78, 5) is 11.8. The van der Waals surface area contributed by atoms with Crippen molar-refractivity contribution in [2.24, 2.45) is 0 Å². The fourth-order valence-electron chi connectivity index (χ4n) is 1.39. The molecule has 4 nitrogen and oxygen atoms in total. The molecule has 2 aromatic rings. The topological polar surface area (TPSA) is 54.9 Å². The maximum absolute atomic E-state index is 12.7. The number of aromatic nitrogens is 2. The minimum absolute atomic E-state index is 0.311. The quantitative estimate of drug-likeness (QED) is 0.924. The molecule has 0 aliphatic heterocycles. The van der Waals surface area contributed by atoms with Gasteiger partial charge in [0, 0.05) is 12.0 Å². The van der Waals surface area contributed by atoms with Gasteiger partial charge in [-0.15, -0.1) is 10.2 Å². The SMILES string of the molecule is CCCc1nnc(NC(=O)c2ccc(F)cc2)s1. The van der Waals surface area contributed by atoms with Crippen LogP contribution in [0.15, 0.2) is 24.3 Å². The van der Waals surface area contributed by atoms with Crippen LogP contribution in [-0.2, 0) is 6.42 Å². The zero-order valence-corrected chi connectivity index (χ0v) is 10.6. The number of carbonyl (C=O) groups is 1. The Morgan fingerprint density at radius 1 is 1.33 bits per heavy atom. The van der Waals surface area contributed by atoms with E-state index in [9.17, 15) is 9.18 Å². The first kappa shape index (κ1) is 12.6. The highest BCUT2D eigenvalue weighted by molar-refractivity contribution is 7.15. The summed E-state index contributed by atoms with van der Waals surface area (Å²) < 4.78 is 12.7. The van der Waals surface area contributed by atoms with E-state index in [-0.39, 0.29) is 11.7 Å². The summed E-state index contributed by atoms with van der Waals surface area (Å²) in [7, 11) is 0. The van der Waals surface area contributed by atoms with Crippen molar-refractivity contribution in [1.29, 1.82) is 0 Å². The largest absolute Gasteiger partial charge is 0.296 e. The van der Waals surface area contributed by atoms with E-state index in [1.807, 2.05) is 0 Å². The number of aryl methyl sites for hydroxylation is 1. The van der Waals surface area contributed by atoms with Gasteiger partial charge in [0.2, 0.25) is 5.13 Å². The second kappa shape index (κ2) is 5.68. The van der Waals surface area contributed by atoms with Crippen LogP contribution >= 0.6 is 11.3 Å². The third-order valence-corrected chi connectivity index (χ3v) is 3.16. The Hall–Kier alpha value is -1.82. The number of nitrogens with zero attached hydrogens (tertiary/aromatic N) is 2. The van der Waals surface area contributed by atoms with E-state index in [0.29, 0.717) is 10.7 Å². The Bertz CT molecular complexity index is 539. The first-order valence-electron chi connectivity index (χ1n) is 5.58. The van der Waals surface area contributed by atoms with Crippen LogP contribution in [0.1, 0.15) is 28.7 Å². The molecule has 6 heteroatoms. The molecule has 2 rings (SSSR count). The van der Waals surface area contributed by atoms with E-state index in [1.165, 1.54) is 35.6 Å². The molecule has 0 saturated carbocycles. The molecule has 1 amide bonds. The van der Waals surface area contributed by atoms with E-state index in [4.69, 9.17) is 0 Å². The predicted molar refractivity (Wildman–Crippen MR) is 68.3 cm³/mol. The Labute approximate surface area is 108 Å². The number of hydrogen-bond acceptors (Lipinski definition) is 4. The molecular formula is C12H12FN3OS. The summed E-state index contributed by atoms with van der Waals surface area (Å²) in [6, 6.07) is 5.35. The number of nitrogens with one attached hydrogen (secondary N) is 1. The highest BCUT2D eigenvalue weighted by Crippen LogP contribution is 2.17. The van der Waals surface area contributed by atoms with E-state index >= 15 is 0 Å². The van der Waals surface area contributed by atoms with Gasteiger partial charge in [-0.25, -0.2) is 4.39 Å². The lowest BCUT2D eigenvalue weighted by atomic mass is 10.2. The Morgan fingerprint density at radius 2 is 2.06 bits per heavy atom. The van der Waals surface area contributed by atoms with Crippen molar-refractivity contribution in [3.05, 3.63) is 40.7 Å². The second-order valence-electron chi connectivity index (χ2n) is 3.71. The van der Waals surface area contributed by atoms with Crippen LogP contribution in [0.2, 0.25) is 0 Å². The number of carbonyl (C=O) groups excluding carboxylic acids is 1. The number of anilines is 1. The summed E-state index contributed by atoms with van der Waals surface area (Å²) in [6.07, 6.45) is 1.84. The van der Waals surface area contributed by atoms with Gasteiger partial charge in [0.05, 0.1) is 0 Å². The molecule has 0 aliphatic rings. The van der Waals surface area contributed by atoms with Gasteiger partial charge in [0.25, 0.3) is 5.91 Å². The fraction of sp³-hybridized carbons (Fsp3) is 0.250. The number of hydrogen-bond donors (Lipinski definition) is 1. The minimum atomic E-state index is -0.368. The van der Waals surface area contributed by atoms with Gasteiger partial charge in [-0.2, -0.15) is 0 Å². The van der Waals surface area contributed by atoms with Gasteiger partial charge in [-0.1, -0.05) is 18.3 Å². The molecule has 0 bridgehead atoms. The van der Waals surface area contributed by atoms with Gasteiger partial charge < -0.3 is 0 Å². The van der Waals surface area contributed by atoms with Crippen LogP contribution in [0.4, 0.5) is 9.52 Å². The summed E-state index contributed by atoms with van der Waals surface area (Å²) in [6.45, 7) is 2.05. The lowest BCUT2D eigenvalue weighted by molar-refractivity contribution is 0.102. The first-order valence-corrected chi connectivity index (χ1v) is 6.40. The van der Waals surface area contributed by atoms with Gasteiger partial charge in [0.15, 0.2) is 0 Å². The number of amides is 1. The van der Waals surface area contributed by atoms with Crippen LogP contribution < -0.4 is 5.32 Å². The molecule has 0 spiro atoms. The van der Waals surface area contributed by atoms with Gasteiger partial charge in [0.1, 0.15) is 10.8 Å². The van der Waals surface area contributed by atoms with Crippen LogP contribution in [0, 0.1) is 5.82 Å². The highest BCUT2D eigenvalue weighted by atomic mass is 32.1. The summed E-state index contributed by atoms with van der Waals surface area (Å²) in [5.41, 5.74) is 0.392. The molecular weight excluding hydrogens is 253 g/mol. The molecule has 0 aliphatic carbocycles. The zero-order valence-electron chi connectivity index (χ0n) is 9.81. The zero-order chi connectivity index (χ0) is 13.0. The van der Waals surface area contributed by atoms with Crippen molar-refractivity contribution in [2.45, 2.75) is 19.8 Å². The average molecular weight is 265 g/mol. The Balaban J connectivity index is 2.04. The van der Waals surface area contributed by atoms with Gasteiger partial charge >= 0.3 is 0 Å². The van der Waals surface area contributed by atoms with E-state index in [0.717, 1.165) is 17.8 Å². The number of rotatable bonds is 4. The molecule has 1 aromatic carbocycles. The average Bonchev–Trinajstić information content (AvgIpc) is 2.78. The molecule has 0 fully saturated rings. The van der Waals surface area contributed by atoms with Crippen molar-refractivity contribution >= 4 is 22.4 Å². The van der Waals surface area contributed by atoms with Crippen LogP contribution in [0.25, 0.3) is 0 Å². The highest BCUT2D eigenvalue weighted by Gasteiger charge is 2.09. The fourth-order valence-corrected chi connectivity index (χ4v) is 2.23. The van der Waals surface area contributed by atoms with Crippen molar-refractivity contribution in [2.75, 3.05) is 5.32 Å². The summed E-state index contributed by atoms with van der Waals surface area (Å²) >= 11 is 1.36. The monoisotopic (exact) mass is 265 g/mol. The predicted octanol–water partition coefficient (Wildman–Crippen LogP) is 2.88. The molecule has 1 heterocycles. The lowest BCUT2D eigenvalue weighted by Gasteiger charge is -2.00. The van der Waals surface area contributed by atoms with Crippen LogP contribution in [-0.4, -0.2) is 16.1 Å². The van der Waals surface area contributed by atoms with Crippen LogP contribution in [0.5, 0.6) is 0 Å². The maximum Gasteiger partial charge on any atom is 0.257 e. The molecule has 94 valence electrons. The maximum atomic E-state index is 12.7. The Morgan fingerprint density at radius 3 is 2.72 bits per heavy atom. The first-order chi connectivity index (χ1) is 8.69. The van der Waals surface area contributed by atoms with Crippen molar-refractivity contribution in [1.82, 2.24) is 10.2 Å². The van der Waals surface area contributed by atoms with Gasteiger partial charge in [-0.05, 0) is 30.7 Å². The normalized spacial score (nSPS) is 10.3. The second-order valence-corrected chi connectivity index (χ2v) is 4.77. The molecule has 1 aromatic heterocycles. The third kappa shape index (κ3) is 3.10.